The van der Waals surface area contributed by atoms with Crippen LogP contribution in [0.3, 0.4) is 0 Å². The molecule has 0 aromatic heterocycles. The molecule has 0 radical (unpaired) electrons. The second-order valence-electron chi connectivity index (χ2n) is 8.22. The van der Waals surface area contributed by atoms with E-state index in [1.54, 1.807) is 0 Å². The molecular formula is C21H34AlN3O2. The van der Waals surface area contributed by atoms with Gasteiger partial charge in [0.25, 0.3) is 0 Å². The topological polar surface area (TPSA) is 43.2 Å². The molecule has 4 aliphatic rings. The van der Waals surface area contributed by atoms with Gasteiger partial charge in [0.2, 0.25) is 27.9 Å². The molecule has 3 fully saturated rings. The predicted octanol–water partition coefficient (Wildman–Crippen LogP) is 1.68. The van der Waals surface area contributed by atoms with Crippen molar-refractivity contribution in [2.75, 3.05) is 39.3 Å². The van der Waals surface area contributed by atoms with Crippen LogP contribution in [0, 0.1) is 11.8 Å². The highest BCUT2D eigenvalue weighted by atomic mass is 27.0. The lowest BCUT2D eigenvalue weighted by molar-refractivity contribution is -0.117. The van der Waals surface area contributed by atoms with Crippen LogP contribution in [0.1, 0.15) is 40.0 Å². The van der Waals surface area contributed by atoms with Gasteiger partial charge in [-0.3, -0.25) is 9.59 Å². The van der Waals surface area contributed by atoms with Gasteiger partial charge >= 0.3 is 0 Å². The first-order valence-electron chi connectivity index (χ1n) is 10.8. The van der Waals surface area contributed by atoms with Gasteiger partial charge in [0, 0.05) is 45.3 Å². The van der Waals surface area contributed by atoms with E-state index in [4.69, 9.17) is 0 Å². The van der Waals surface area contributed by atoms with Crippen LogP contribution in [-0.4, -0.2) is 81.8 Å². The van der Waals surface area contributed by atoms with E-state index in [0.29, 0.717) is 17.1 Å². The number of Topliss-reactive ketones (excluding diaryl/α,β-unsaturated/α-hetero) is 1. The van der Waals surface area contributed by atoms with Gasteiger partial charge < -0.3 is 14.7 Å². The zero-order chi connectivity index (χ0) is 19.6. The molecule has 2 unspecified atom stereocenters. The quantitative estimate of drug-likeness (QED) is 0.360. The third-order valence-electron chi connectivity index (χ3n) is 6.12. The Labute approximate surface area is 171 Å². The lowest BCUT2D eigenvalue weighted by Crippen LogP contribution is -2.29. The Balaban J connectivity index is 0.000000183. The number of carbonyl (C=O) groups excluding carboxylic acids is 2. The van der Waals surface area contributed by atoms with Crippen LogP contribution in [-0.2, 0) is 9.59 Å². The lowest BCUT2D eigenvalue weighted by Gasteiger charge is -2.21. The van der Waals surface area contributed by atoms with Crippen molar-refractivity contribution in [3.8, 4) is 0 Å². The molecule has 1 aliphatic carbocycles. The summed E-state index contributed by atoms with van der Waals surface area (Å²) in [7, 11) is 0. The molecule has 6 heteroatoms. The normalized spacial score (nSPS) is 22.9. The van der Waals surface area contributed by atoms with Crippen molar-refractivity contribution in [1.82, 2.24) is 14.7 Å². The van der Waals surface area contributed by atoms with Crippen LogP contribution in [0.5, 0.6) is 0 Å². The Morgan fingerprint density at radius 1 is 0.963 bits per heavy atom. The standard InChI is InChI=1S/C12H13N3O2.C9H19.Al.2H/c16-9-7-8(13-1-2-13)12(17)11(15-5-6-15)10(9)14-3-4-14;1-5-7-9(6-2)8(3)4;;;/h7H,1-6H2;8-9H,3,5-7H2,1-2,4H3;;;. The van der Waals surface area contributed by atoms with E-state index in [0.717, 1.165) is 51.1 Å². The minimum absolute atomic E-state index is 0.00546. The van der Waals surface area contributed by atoms with Crippen molar-refractivity contribution >= 4 is 27.9 Å². The van der Waals surface area contributed by atoms with Gasteiger partial charge in [-0.15, -0.1) is 0 Å². The summed E-state index contributed by atoms with van der Waals surface area (Å²) in [6, 6.07) is 0. The van der Waals surface area contributed by atoms with E-state index in [1.807, 2.05) is 14.7 Å². The average Bonchev–Trinajstić information content (AvgIpc) is 3.50. The second-order valence-corrected chi connectivity index (χ2v) is 9.04. The first-order chi connectivity index (χ1) is 13.0. The average molecular weight is 388 g/mol. The van der Waals surface area contributed by atoms with Gasteiger partial charge in [0.1, 0.15) is 11.4 Å². The van der Waals surface area contributed by atoms with E-state index >= 15 is 0 Å². The first-order valence-corrected chi connectivity index (χ1v) is 12.2. The van der Waals surface area contributed by atoms with Crippen molar-refractivity contribution in [2.45, 2.75) is 45.3 Å². The smallest absolute Gasteiger partial charge is 0.227 e. The van der Waals surface area contributed by atoms with Crippen LogP contribution >= 0.6 is 0 Å². The number of rotatable bonds is 8. The number of nitrogens with zero attached hydrogens (tertiary/aromatic N) is 3. The molecular weight excluding hydrogens is 353 g/mol. The maximum absolute atomic E-state index is 12.4. The second kappa shape index (κ2) is 8.84. The SMILES string of the molecule is CCCC(CC)C(C)[CH2][AlH2].O=C1C=C(N2CC2)C(=O)C(N2CC2)=C1N1CC1. The van der Waals surface area contributed by atoms with E-state index in [-0.39, 0.29) is 11.6 Å². The van der Waals surface area contributed by atoms with Crippen LogP contribution in [0.4, 0.5) is 0 Å². The van der Waals surface area contributed by atoms with E-state index < -0.39 is 0 Å². The van der Waals surface area contributed by atoms with Crippen molar-refractivity contribution < 1.29 is 9.59 Å². The summed E-state index contributed by atoms with van der Waals surface area (Å²) in [6.07, 6.45) is 5.72. The third-order valence-corrected chi connectivity index (χ3v) is 7.41. The molecule has 4 rings (SSSR count). The van der Waals surface area contributed by atoms with Gasteiger partial charge in [-0.2, -0.15) is 0 Å². The summed E-state index contributed by atoms with van der Waals surface area (Å²) in [4.78, 5) is 30.5. The highest BCUT2D eigenvalue weighted by Gasteiger charge is 2.43. The molecule has 0 spiro atoms. The molecule has 3 saturated heterocycles. The van der Waals surface area contributed by atoms with Gasteiger partial charge in [-0.05, 0) is 5.92 Å². The van der Waals surface area contributed by atoms with Gasteiger partial charge in [-0.1, -0.05) is 51.2 Å². The molecule has 3 heterocycles. The molecule has 0 N–H and O–H groups in total. The van der Waals surface area contributed by atoms with Crippen LogP contribution in [0.25, 0.3) is 0 Å². The Bertz CT molecular complexity index is 646. The maximum Gasteiger partial charge on any atom is 0.227 e. The Hall–Kier alpha value is -1.25. The maximum atomic E-state index is 12.4. The summed E-state index contributed by atoms with van der Waals surface area (Å²) in [5.74, 6) is 2.06. The monoisotopic (exact) mass is 387 g/mol. The van der Waals surface area contributed by atoms with Gasteiger partial charge in [0.15, 0.2) is 0 Å². The fraction of sp³-hybridized carbons (Fsp3) is 0.714. The van der Waals surface area contributed by atoms with E-state index in [2.05, 4.69) is 20.8 Å². The number of hydrogen-bond donors (Lipinski definition) is 0. The molecule has 5 nitrogen and oxygen atoms in total. The zero-order valence-electron chi connectivity index (χ0n) is 17.5. The summed E-state index contributed by atoms with van der Waals surface area (Å²) in [6.45, 7) is 12.4. The van der Waals surface area contributed by atoms with Gasteiger partial charge in [-0.25, -0.2) is 0 Å². The van der Waals surface area contributed by atoms with E-state index in [9.17, 15) is 9.59 Å². The minimum Gasteiger partial charge on any atom is -0.365 e. The number of ketones is 2. The van der Waals surface area contributed by atoms with Crippen LogP contribution in [0.15, 0.2) is 23.2 Å². The molecule has 0 amide bonds. The highest BCUT2D eigenvalue weighted by molar-refractivity contribution is 6.22. The van der Waals surface area contributed by atoms with Gasteiger partial charge in [0.05, 0.1) is 5.70 Å². The van der Waals surface area contributed by atoms with Crippen LogP contribution < -0.4 is 0 Å². The summed E-state index contributed by atoms with van der Waals surface area (Å²) in [5, 5.41) is 1.48. The fourth-order valence-electron chi connectivity index (χ4n) is 3.87. The number of hydrogen-bond acceptors (Lipinski definition) is 5. The molecule has 148 valence electrons. The summed E-state index contributed by atoms with van der Waals surface area (Å²) >= 11 is 1.38. The first kappa shape index (κ1) is 20.5. The molecule has 0 saturated carbocycles. The molecule has 0 bridgehead atoms. The molecule has 2 atom stereocenters. The van der Waals surface area contributed by atoms with Crippen LogP contribution in [0.2, 0.25) is 5.28 Å². The molecule has 0 aromatic carbocycles. The largest absolute Gasteiger partial charge is 0.365 e. The number of allylic oxidation sites excluding steroid dienone is 1. The predicted molar refractivity (Wildman–Crippen MR) is 111 cm³/mol. The third kappa shape index (κ3) is 4.97. The summed E-state index contributed by atoms with van der Waals surface area (Å²) in [5.41, 5.74) is 1.89. The van der Waals surface area contributed by atoms with E-state index in [1.165, 1.54) is 46.9 Å². The Morgan fingerprint density at radius 3 is 1.96 bits per heavy atom. The van der Waals surface area contributed by atoms with Crippen molar-refractivity contribution in [1.29, 1.82) is 0 Å². The van der Waals surface area contributed by atoms with Crippen molar-refractivity contribution in [3.05, 3.63) is 23.2 Å². The highest BCUT2D eigenvalue weighted by Crippen LogP contribution is 2.33. The molecule has 27 heavy (non-hydrogen) atoms. The minimum atomic E-state index is 0.00546. The molecule has 0 aromatic rings. The lowest BCUT2D eigenvalue weighted by atomic mass is 9.89. The Kier molecular flexibility index (Phi) is 6.70. The number of carbonyl (C=O) groups is 2. The summed E-state index contributed by atoms with van der Waals surface area (Å²) < 4.78 is 0. The zero-order valence-corrected chi connectivity index (χ0v) is 19.5. The fourth-order valence-corrected chi connectivity index (χ4v) is 4.54. The van der Waals surface area contributed by atoms with Crippen molar-refractivity contribution in [3.63, 3.8) is 0 Å². The van der Waals surface area contributed by atoms with Crippen molar-refractivity contribution in [2.24, 2.45) is 11.8 Å². The molecule has 3 aliphatic heterocycles. The Morgan fingerprint density at radius 2 is 1.52 bits per heavy atom.